The monoisotopic (exact) mass is 285 g/mol. The van der Waals surface area contributed by atoms with Gasteiger partial charge in [-0.3, -0.25) is 14.9 Å². The summed E-state index contributed by atoms with van der Waals surface area (Å²) in [7, 11) is 0. The number of benzene rings is 2. The van der Waals surface area contributed by atoms with Gasteiger partial charge >= 0.3 is 0 Å². The van der Waals surface area contributed by atoms with E-state index in [9.17, 15) is 14.9 Å². The molecule has 0 radical (unpaired) electrons. The van der Waals surface area contributed by atoms with Crippen molar-refractivity contribution in [3.63, 3.8) is 0 Å². The van der Waals surface area contributed by atoms with E-state index in [-0.39, 0.29) is 11.3 Å². The van der Waals surface area contributed by atoms with Gasteiger partial charge in [0.2, 0.25) is 0 Å². The Hall–Kier alpha value is -2.69. The van der Waals surface area contributed by atoms with Crippen LogP contribution in [-0.4, -0.2) is 11.2 Å². The Labute approximate surface area is 122 Å². The molecule has 0 saturated carbocycles. The highest BCUT2D eigenvalue weighted by Crippen LogP contribution is 2.31. The maximum absolute atomic E-state index is 11.1. The van der Waals surface area contributed by atoms with Gasteiger partial charge in [0.25, 0.3) is 5.69 Å². The minimum absolute atomic E-state index is 0.137. The number of non-ortho nitro benzene ring substituents is 1. The van der Waals surface area contributed by atoms with Gasteiger partial charge in [0.05, 0.1) is 10.5 Å². The lowest BCUT2D eigenvalue weighted by Gasteiger charge is -2.13. The maximum Gasteiger partial charge on any atom is 0.270 e. The van der Waals surface area contributed by atoms with Gasteiger partial charge in [-0.2, -0.15) is 0 Å². The molecule has 0 unspecified atom stereocenters. The second-order valence-corrected chi connectivity index (χ2v) is 4.90. The van der Waals surface area contributed by atoms with Crippen molar-refractivity contribution in [1.82, 2.24) is 0 Å². The molecule has 0 bridgehead atoms. The molecule has 0 aliphatic carbocycles. The highest BCUT2D eigenvalue weighted by Gasteiger charge is 2.13. The number of nitro groups is 1. The Balaban J connectivity index is 2.44. The Morgan fingerprint density at radius 3 is 2.43 bits per heavy atom. The Morgan fingerprint density at radius 2 is 1.81 bits per heavy atom. The van der Waals surface area contributed by atoms with E-state index in [1.807, 2.05) is 32.9 Å². The van der Waals surface area contributed by atoms with Crippen molar-refractivity contribution >= 4 is 12.0 Å². The number of aryl methyl sites for hydroxylation is 2. The highest BCUT2D eigenvalue weighted by atomic mass is 16.6. The number of hydrogen-bond donors (Lipinski definition) is 0. The van der Waals surface area contributed by atoms with Crippen LogP contribution in [0.2, 0.25) is 0 Å². The van der Waals surface area contributed by atoms with E-state index in [0.29, 0.717) is 17.8 Å². The third kappa shape index (κ3) is 3.08. The normalized spacial score (nSPS) is 10.2. The van der Waals surface area contributed by atoms with Gasteiger partial charge in [-0.25, -0.2) is 0 Å². The van der Waals surface area contributed by atoms with Crippen molar-refractivity contribution in [1.29, 1.82) is 0 Å². The number of nitrogens with zero attached hydrogens (tertiary/aromatic N) is 1. The summed E-state index contributed by atoms with van der Waals surface area (Å²) in [4.78, 5) is 21.3. The van der Waals surface area contributed by atoms with Gasteiger partial charge in [0, 0.05) is 12.1 Å². The summed E-state index contributed by atoms with van der Waals surface area (Å²) in [5.41, 5.74) is 3.11. The number of carbonyl (C=O) groups excluding carboxylic acids is 1. The Bertz CT molecular complexity index is 722. The summed E-state index contributed by atoms with van der Waals surface area (Å²) in [5.74, 6) is 0.952. The molecule has 0 amide bonds. The molecule has 0 aliphatic heterocycles. The molecule has 0 aliphatic rings. The zero-order chi connectivity index (χ0) is 15.6. The minimum Gasteiger partial charge on any atom is -0.456 e. The van der Waals surface area contributed by atoms with Crippen LogP contribution in [0.5, 0.6) is 11.5 Å². The number of rotatable bonds is 4. The van der Waals surface area contributed by atoms with E-state index >= 15 is 0 Å². The van der Waals surface area contributed by atoms with Crippen molar-refractivity contribution in [2.24, 2.45) is 0 Å². The lowest BCUT2D eigenvalue weighted by molar-refractivity contribution is -0.384. The summed E-state index contributed by atoms with van der Waals surface area (Å²) in [6, 6.07) is 7.89. The quantitative estimate of drug-likeness (QED) is 0.481. The molecule has 2 rings (SSSR count). The Morgan fingerprint density at radius 1 is 1.10 bits per heavy atom. The molecular formula is C16H15NO4. The summed E-state index contributed by atoms with van der Waals surface area (Å²) in [6.45, 7) is 5.86. The zero-order valence-electron chi connectivity index (χ0n) is 12.0. The molecule has 21 heavy (non-hydrogen) atoms. The fourth-order valence-corrected chi connectivity index (χ4v) is 2.06. The second kappa shape index (κ2) is 5.75. The molecule has 0 fully saturated rings. The van der Waals surface area contributed by atoms with Crippen LogP contribution in [0.15, 0.2) is 30.3 Å². The Kier molecular flexibility index (Phi) is 4.03. The summed E-state index contributed by atoms with van der Waals surface area (Å²) < 4.78 is 5.77. The van der Waals surface area contributed by atoms with Crippen molar-refractivity contribution < 1.29 is 14.5 Å². The third-order valence-electron chi connectivity index (χ3n) is 3.32. The first-order chi connectivity index (χ1) is 9.92. The van der Waals surface area contributed by atoms with Gasteiger partial charge in [0.15, 0.2) is 6.29 Å². The van der Waals surface area contributed by atoms with Gasteiger partial charge < -0.3 is 4.74 Å². The van der Waals surface area contributed by atoms with E-state index in [0.717, 1.165) is 16.7 Å². The summed E-state index contributed by atoms with van der Waals surface area (Å²) >= 11 is 0. The standard InChI is InChI=1S/C16H15NO4/c1-10-6-11(2)12(3)16(7-10)21-15-5-4-14(17(19)20)8-13(15)9-18/h4-9H,1-3H3. The molecule has 5 heteroatoms. The van der Waals surface area contributed by atoms with Crippen LogP contribution in [-0.2, 0) is 0 Å². The van der Waals surface area contributed by atoms with Crippen LogP contribution in [0.1, 0.15) is 27.0 Å². The molecule has 0 N–H and O–H groups in total. The summed E-state index contributed by atoms with van der Waals surface area (Å²) in [5, 5.41) is 10.7. The second-order valence-electron chi connectivity index (χ2n) is 4.90. The van der Waals surface area contributed by atoms with Crippen molar-refractivity contribution in [3.8, 4) is 11.5 Å². The summed E-state index contributed by atoms with van der Waals surface area (Å²) in [6.07, 6.45) is 0.556. The fourth-order valence-electron chi connectivity index (χ4n) is 2.06. The first kappa shape index (κ1) is 14.7. The van der Waals surface area contributed by atoms with Crippen LogP contribution >= 0.6 is 0 Å². The van der Waals surface area contributed by atoms with Crippen LogP contribution < -0.4 is 4.74 Å². The lowest BCUT2D eigenvalue weighted by atomic mass is 10.1. The van der Waals surface area contributed by atoms with Gasteiger partial charge in [-0.1, -0.05) is 6.07 Å². The molecular weight excluding hydrogens is 270 g/mol. The van der Waals surface area contributed by atoms with Crippen LogP contribution in [0.25, 0.3) is 0 Å². The smallest absolute Gasteiger partial charge is 0.270 e. The van der Waals surface area contributed by atoms with Crippen molar-refractivity contribution in [3.05, 3.63) is 62.7 Å². The van der Waals surface area contributed by atoms with E-state index in [2.05, 4.69) is 0 Å². The molecule has 0 atom stereocenters. The average molecular weight is 285 g/mol. The molecule has 108 valence electrons. The zero-order valence-corrected chi connectivity index (χ0v) is 12.0. The first-order valence-electron chi connectivity index (χ1n) is 6.41. The topological polar surface area (TPSA) is 69.4 Å². The maximum atomic E-state index is 11.1. The molecule has 2 aromatic carbocycles. The van der Waals surface area contributed by atoms with E-state index in [4.69, 9.17) is 4.74 Å². The number of aldehydes is 1. The molecule has 0 saturated heterocycles. The molecule has 5 nitrogen and oxygen atoms in total. The van der Waals surface area contributed by atoms with Crippen molar-refractivity contribution in [2.45, 2.75) is 20.8 Å². The average Bonchev–Trinajstić information content (AvgIpc) is 2.44. The number of nitro benzene ring substituents is 1. The van der Waals surface area contributed by atoms with Crippen LogP contribution in [0.3, 0.4) is 0 Å². The third-order valence-corrected chi connectivity index (χ3v) is 3.32. The molecule has 0 spiro atoms. The number of hydrogen-bond acceptors (Lipinski definition) is 4. The molecule has 2 aromatic rings. The van der Waals surface area contributed by atoms with Crippen molar-refractivity contribution in [2.75, 3.05) is 0 Å². The highest BCUT2D eigenvalue weighted by molar-refractivity contribution is 5.81. The predicted octanol–water partition coefficient (Wildman–Crippen LogP) is 4.12. The van der Waals surface area contributed by atoms with Crippen LogP contribution in [0.4, 0.5) is 5.69 Å². The largest absolute Gasteiger partial charge is 0.456 e. The van der Waals surface area contributed by atoms with Crippen LogP contribution in [0, 0.1) is 30.9 Å². The molecule has 0 heterocycles. The predicted molar refractivity (Wildman–Crippen MR) is 79.2 cm³/mol. The first-order valence-corrected chi connectivity index (χ1v) is 6.41. The SMILES string of the molecule is Cc1cc(C)c(C)c(Oc2ccc([N+](=O)[O-])cc2C=O)c1. The molecule has 0 aromatic heterocycles. The van der Waals surface area contributed by atoms with Gasteiger partial charge in [-0.15, -0.1) is 0 Å². The minimum atomic E-state index is -0.543. The van der Waals surface area contributed by atoms with E-state index < -0.39 is 4.92 Å². The number of ether oxygens (including phenoxy) is 1. The van der Waals surface area contributed by atoms with Gasteiger partial charge in [0.1, 0.15) is 11.5 Å². The fraction of sp³-hybridized carbons (Fsp3) is 0.188. The van der Waals surface area contributed by atoms with E-state index in [1.54, 1.807) is 0 Å². The van der Waals surface area contributed by atoms with Gasteiger partial charge in [-0.05, 0) is 49.6 Å². The van der Waals surface area contributed by atoms with E-state index in [1.165, 1.54) is 18.2 Å². The number of carbonyl (C=O) groups is 1. The lowest BCUT2D eigenvalue weighted by Crippen LogP contribution is -1.96.